The van der Waals surface area contributed by atoms with Crippen LogP contribution in [0.3, 0.4) is 0 Å². The second-order valence-electron chi connectivity index (χ2n) is 15.7. The van der Waals surface area contributed by atoms with Gasteiger partial charge in [-0.2, -0.15) is 0 Å². The molecule has 1 aliphatic carbocycles. The number of hydrogen-bond acceptors (Lipinski definition) is 7. The molecule has 7 rings (SSSR count). The molecule has 12 heteroatoms. The number of benzene rings is 4. The van der Waals surface area contributed by atoms with Gasteiger partial charge >= 0.3 is 11.9 Å². The number of fused-ring (bicyclic) bond motifs is 2. The Balaban J connectivity index is 0.000000204. The Morgan fingerprint density at radius 2 is 1.18 bits per heavy atom. The molecule has 1 fully saturated rings. The number of pyridine rings is 1. The SMILES string of the molecule is CC(C)n1c(/C=C/C(O)CC(O)CC(=O)O)c(-c2ccc(F)cc2)c2ccccc21.O=C(O)CC(O)CC(O)/C=C/c1c(C2CC2)nc2ccccc2c1-c1ccc(F)cc1. The second-order valence-corrected chi connectivity index (χ2v) is 15.7. The van der Waals surface area contributed by atoms with Gasteiger partial charge in [0.05, 0.1) is 48.5 Å². The summed E-state index contributed by atoms with van der Waals surface area (Å²) in [6.07, 6.45) is 3.53. The molecule has 1 saturated carbocycles. The van der Waals surface area contributed by atoms with Crippen LogP contribution < -0.4 is 0 Å². The Kier molecular flexibility index (Phi) is 14.6. The van der Waals surface area contributed by atoms with E-state index in [1.54, 1.807) is 48.6 Å². The van der Waals surface area contributed by atoms with Gasteiger partial charge in [0.25, 0.3) is 0 Å². The van der Waals surface area contributed by atoms with Crippen molar-refractivity contribution in [2.75, 3.05) is 0 Å². The van der Waals surface area contributed by atoms with Crippen LogP contribution in [0.15, 0.2) is 109 Å². The zero-order valence-corrected chi connectivity index (χ0v) is 33.9. The van der Waals surface area contributed by atoms with Gasteiger partial charge in [-0.3, -0.25) is 14.6 Å². The lowest BCUT2D eigenvalue weighted by molar-refractivity contribution is -0.140. The molecule has 0 saturated heterocycles. The highest BCUT2D eigenvalue weighted by Gasteiger charge is 2.30. The first-order valence-electron chi connectivity index (χ1n) is 20.3. The predicted molar refractivity (Wildman–Crippen MR) is 233 cm³/mol. The molecule has 0 amide bonds. The third kappa shape index (κ3) is 11.4. The summed E-state index contributed by atoms with van der Waals surface area (Å²) in [6, 6.07) is 28.5. The van der Waals surface area contributed by atoms with Gasteiger partial charge in [-0.25, -0.2) is 8.78 Å². The molecule has 0 radical (unpaired) electrons. The molecular formula is C49H50F2N2O8. The number of aliphatic carboxylic acids is 2. The van der Waals surface area contributed by atoms with Crippen molar-refractivity contribution in [3.05, 3.63) is 138 Å². The highest BCUT2D eigenvalue weighted by atomic mass is 19.1. The first-order chi connectivity index (χ1) is 29.2. The van der Waals surface area contributed by atoms with Crippen molar-refractivity contribution in [2.45, 2.75) is 88.7 Å². The Hall–Kier alpha value is -6.05. The maximum Gasteiger partial charge on any atom is 0.305 e. The van der Waals surface area contributed by atoms with E-state index < -0.39 is 49.2 Å². The first-order valence-corrected chi connectivity index (χ1v) is 20.3. The maximum absolute atomic E-state index is 13.6. The fraction of sp³-hybridized carbons (Fsp3) is 0.286. The number of nitrogens with zero attached hydrogens (tertiary/aromatic N) is 2. The van der Waals surface area contributed by atoms with Crippen LogP contribution in [0.1, 0.15) is 81.3 Å². The number of aliphatic hydroxyl groups is 4. The highest BCUT2D eigenvalue weighted by molar-refractivity contribution is 6.01. The van der Waals surface area contributed by atoms with E-state index in [1.807, 2.05) is 48.5 Å². The van der Waals surface area contributed by atoms with E-state index in [0.717, 1.165) is 73.9 Å². The second kappa shape index (κ2) is 20.0. The molecule has 6 aromatic rings. The molecule has 61 heavy (non-hydrogen) atoms. The normalized spacial score (nSPS) is 15.0. The number of para-hydroxylation sites is 2. The minimum atomic E-state index is -1.13. The van der Waals surface area contributed by atoms with Crippen LogP contribution in [0.4, 0.5) is 8.78 Å². The van der Waals surface area contributed by atoms with E-state index in [0.29, 0.717) is 5.92 Å². The third-order valence-electron chi connectivity index (χ3n) is 10.5. The zero-order chi connectivity index (χ0) is 43.8. The molecule has 318 valence electrons. The topological polar surface area (TPSA) is 173 Å². The lowest BCUT2D eigenvalue weighted by Gasteiger charge is -2.16. The van der Waals surface area contributed by atoms with E-state index in [2.05, 4.69) is 18.4 Å². The first kappa shape index (κ1) is 44.5. The van der Waals surface area contributed by atoms with E-state index in [9.17, 15) is 38.8 Å². The summed E-state index contributed by atoms with van der Waals surface area (Å²) < 4.78 is 29.2. The number of carboxylic acids is 2. The molecular weight excluding hydrogens is 783 g/mol. The molecule has 4 aromatic carbocycles. The van der Waals surface area contributed by atoms with Gasteiger partial charge in [0.1, 0.15) is 11.6 Å². The minimum Gasteiger partial charge on any atom is -0.481 e. The maximum atomic E-state index is 13.6. The van der Waals surface area contributed by atoms with Gasteiger partial charge in [0.15, 0.2) is 0 Å². The number of rotatable bonds is 16. The zero-order valence-electron chi connectivity index (χ0n) is 33.9. The summed E-state index contributed by atoms with van der Waals surface area (Å²) in [5.74, 6) is -2.52. The van der Waals surface area contributed by atoms with Crippen LogP contribution in [-0.4, -0.2) is 76.5 Å². The van der Waals surface area contributed by atoms with Crippen molar-refractivity contribution in [2.24, 2.45) is 0 Å². The Morgan fingerprint density at radius 3 is 1.70 bits per heavy atom. The molecule has 6 N–H and O–H groups in total. The summed E-state index contributed by atoms with van der Waals surface area (Å²) in [4.78, 5) is 26.4. The van der Waals surface area contributed by atoms with Crippen LogP contribution in [-0.2, 0) is 9.59 Å². The van der Waals surface area contributed by atoms with Crippen molar-refractivity contribution in [1.29, 1.82) is 0 Å². The van der Waals surface area contributed by atoms with Crippen LogP contribution >= 0.6 is 0 Å². The molecule has 0 aliphatic heterocycles. The van der Waals surface area contributed by atoms with Crippen LogP contribution in [0.25, 0.3) is 56.2 Å². The number of aromatic nitrogens is 2. The Morgan fingerprint density at radius 1 is 0.689 bits per heavy atom. The number of hydrogen-bond donors (Lipinski definition) is 6. The monoisotopic (exact) mass is 832 g/mol. The van der Waals surface area contributed by atoms with E-state index in [-0.39, 0.29) is 30.5 Å². The Bertz CT molecular complexity index is 2530. The van der Waals surface area contributed by atoms with Gasteiger partial charge < -0.3 is 35.2 Å². The van der Waals surface area contributed by atoms with Crippen LogP contribution in [0.2, 0.25) is 0 Å². The Labute approximate surface area is 352 Å². The standard InChI is InChI=1S/C25H24FNO4.C24H26FNO4/c26-17-9-7-15(8-10-17)24-20-3-1-2-4-22(20)27-25(16-5-6-16)21(24)12-11-18(28)13-19(29)14-23(30)31;1-15(2)26-21-6-4-3-5-20(21)24(16-7-9-17(25)10-8-16)22(26)12-11-18(27)13-19(28)14-23(29)30/h1-4,7-12,16,18-19,28-29H,5-6,13-14H2,(H,30,31);3-12,15,18-19,27-28H,13-14H2,1-2H3,(H,29,30)/b2*12-11+. The summed E-state index contributed by atoms with van der Waals surface area (Å²) >= 11 is 0. The number of aliphatic hydroxyl groups excluding tert-OH is 4. The molecule has 1 aliphatic rings. The molecule has 10 nitrogen and oxygen atoms in total. The fourth-order valence-electron chi connectivity index (χ4n) is 7.63. The quantitative estimate of drug-likeness (QED) is 0.0556. The lowest BCUT2D eigenvalue weighted by atomic mass is 9.92. The van der Waals surface area contributed by atoms with E-state index >= 15 is 0 Å². The van der Waals surface area contributed by atoms with Gasteiger partial charge in [-0.1, -0.05) is 78.9 Å². The summed E-state index contributed by atoms with van der Waals surface area (Å²) in [5.41, 5.74) is 8.08. The minimum absolute atomic E-state index is 0.0728. The van der Waals surface area contributed by atoms with Crippen molar-refractivity contribution in [3.63, 3.8) is 0 Å². The average molecular weight is 833 g/mol. The molecule has 4 atom stereocenters. The van der Waals surface area contributed by atoms with Crippen molar-refractivity contribution in [3.8, 4) is 22.3 Å². The lowest BCUT2D eigenvalue weighted by Crippen LogP contribution is -2.19. The molecule has 2 aromatic heterocycles. The fourth-order valence-corrected chi connectivity index (χ4v) is 7.63. The highest BCUT2D eigenvalue weighted by Crippen LogP contribution is 2.45. The van der Waals surface area contributed by atoms with Crippen molar-refractivity contribution in [1.82, 2.24) is 9.55 Å². The van der Waals surface area contributed by atoms with Crippen molar-refractivity contribution >= 4 is 45.9 Å². The summed E-state index contributed by atoms with van der Waals surface area (Å²) in [6.45, 7) is 4.12. The average Bonchev–Trinajstić information content (AvgIpc) is 4.00. The van der Waals surface area contributed by atoms with Gasteiger partial charge in [0, 0.05) is 63.5 Å². The summed E-state index contributed by atoms with van der Waals surface area (Å²) in [7, 11) is 0. The van der Waals surface area contributed by atoms with Gasteiger partial charge in [0.2, 0.25) is 0 Å². The molecule has 2 heterocycles. The summed E-state index contributed by atoms with van der Waals surface area (Å²) in [5, 5.41) is 59.8. The van der Waals surface area contributed by atoms with Gasteiger partial charge in [-0.05, 0) is 80.3 Å². The number of carbonyl (C=O) groups is 2. The number of carboxylic acid groups (broad SMARTS) is 2. The van der Waals surface area contributed by atoms with Gasteiger partial charge in [-0.15, -0.1) is 0 Å². The predicted octanol–water partition coefficient (Wildman–Crippen LogP) is 9.15. The smallest absolute Gasteiger partial charge is 0.305 e. The van der Waals surface area contributed by atoms with E-state index in [4.69, 9.17) is 15.2 Å². The molecule has 4 unspecified atom stereocenters. The van der Waals surface area contributed by atoms with Crippen LogP contribution in [0.5, 0.6) is 0 Å². The molecule has 0 spiro atoms. The van der Waals surface area contributed by atoms with Crippen LogP contribution in [0, 0.1) is 11.6 Å². The third-order valence-corrected chi connectivity index (χ3v) is 10.5. The van der Waals surface area contributed by atoms with Crippen molar-refractivity contribution < 1.29 is 49.0 Å². The van der Waals surface area contributed by atoms with E-state index in [1.165, 1.54) is 24.3 Å². The largest absolute Gasteiger partial charge is 0.481 e. The molecule has 0 bridgehead atoms. The number of halogens is 2.